The lowest BCUT2D eigenvalue weighted by atomic mass is 9.93. The standard InChI is InChI=1S/C17H28N2O2.ClH/c1-5-6-11-21-15-9-7-14(8-10-15)16(20)19(4)13-17(2,3)12-18;/h7-10H,5-6,11-13,18H2,1-4H3;1H. The third-order valence-corrected chi connectivity index (χ3v) is 3.43. The lowest BCUT2D eigenvalue weighted by Crippen LogP contribution is -2.39. The van der Waals surface area contributed by atoms with Crippen LogP contribution >= 0.6 is 12.4 Å². The first-order valence-corrected chi connectivity index (χ1v) is 7.58. The van der Waals surface area contributed by atoms with Gasteiger partial charge >= 0.3 is 0 Å². The third kappa shape index (κ3) is 6.67. The van der Waals surface area contributed by atoms with Gasteiger partial charge in [-0.15, -0.1) is 12.4 Å². The molecule has 1 rings (SSSR count). The predicted octanol–water partition coefficient (Wildman–Crippen LogP) is 3.34. The number of hydrogen-bond donors (Lipinski definition) is 1. The van der Waals surface area contributed by atoms with Crippen LogP contribution in [0.4, 0.5) is 0 Å². The van der Waals surface area contributed by atoms with Crippen LogP contribution in [0, 0.1) is 5.41 Å². The van der Waals surface area contributed by atoms with Gasteiger partial charge in [-0.3, -0.25) is 4.79 Å². The molecule has 5 heteroatoms. The molecule has 0 fully saturated rings. The Kier molecular flexibility index (Phi) is 9.14. The van der Waals surface area contributed by atoms with Crippen LogP contribution in [0.1, 0.15) is 44.0 Å². The van der Waals surface area contributed by atoms with Gasteiger partial charge in [-0.1, -0.05) is 27.2 Å². The van der Waals surface area contributed by atoms with E-state index in [0.717, 1.165) is 18.6 Å². The van der Waals surface area contributed by atoms with Crippen LogP contribution in [0.25, 0.3) is 0 Å². The molecule has 126 valence electrons. The van der Waals surface area contributed by atoms with E-state index >= 15 is 0 Å². The number of rotatable bonds is 8. The summed E-state index contributed by atoms with van der Waals surface area (Å²) in [6.45, 7) is 8.15. The molecule has 0 saturated carbocycles. The minimum atomic E-state index is -0.0758. The van der Waals surface area contributed by atoms with E-state index in [4.69, 9.17) is 10.5 Å². The summed E-state index contributed by atoms with van der Waals surface area (Å²) in [6.07, 6.45) is 2.15. The van der Waals surface area contributed by atoms with E-state index in [0.29, 0.717) is 25.3 Å². The number of nitrogens with two attached hydrogens (primary N) is 1. The average Bonchev–Trinajstić information content (AvgIpc) is 2.47. The number of amides is 1. The fourth-order valence-corrected chi connectivity index (χ4v) is 2.03. The van der Waals surface area contributed by atoms with Gasteiger partial charge in [0.15, 0.2) is 0 Å². The van der Waals surface area contributed by atoms with E-state index in [2.05, 4.69) is 20.8 Å². The van der Waals surface area contributed by atoms with Crippen LogP contribution in [0.2, 0.25) is 0 Å². The van der Waals surface area contributed by atoms with Gasteiger partial charge in [-0.05, 0) is 42.6 Å². The van der Waals surface area contributed by atoms with Crippen molar-refractivity contribution in [2.45, 2.75) is 33.6 Å². The summed E-state index contributed by atoms with van der Waals surface area (Å²) < 4.78 is 5.60. The zero-order valence-electron chi connectivity index (χ0n) is 14.1. The van der Waals surface area contributed by atoms with E-state index in [1.54, 1.807) is 4.90 Å². The first kappa shape index (κ1) is 20.7. The fraction of sp³-hybridized carbons (Fsp3) is 0.588. The van der Waals surface area contributed by atoms with Crippen LogP contribution < -0.4 is 10.5 Å². The van der Waals surface area contributed by atoms with Crippen LogP contribution in [0.5, 0.6) is 5.75 Å². The number of hydrogen-bond acceptors (Lipinski definition) is 3. The smallest absolute Gasteiger partial charge is 0.253 e. The maximum atomic E-state index is 12.4. The zero-order chi connectivity index (χ0) is 15.9. The Hall–Kier alpha value is -1.26. The van der Waals surface area contributed by atoms with Gasteiger partial charge in [0.05, 0.1) is 6.61 Å². The van der Waals surface area contributed by atoms with Crippen LogP contribution in [0.15, 0.2) is 24.3 Å². The molecule has 0 saturated heterocycles. The molecule has 22 heavy (non-hydrogen) atoms. The number of carbonyl (C=O) groups is 1. The Balaban J connectivity index is 0.00000441. The summed E-state index contributed by atoms with van der Waals surface area (Å²) in [6, 6.07) is 7.33. The SMILES string of the molecule is CCCCOc1ccc(C(=O)N(C)CC(C)(C)CN)cc1.Cl. The van der Waals surface area contributed by atoms with Crippen LogP contribution in [0.3, 0.4) is 0 Å². The molecular formula is C17H29ClN2O2. The molecule has 0 atom stereocenters. The van der Waals surface area contributed by atoms with Crippen molar-refractivity contribution >= 4 is 18.3 Å². The van der Waals surface area contributed by atoms with Crippen molar-refractivity contribution in [2.75, 3.05) is 26.7 Å². The van der Waals surface area contributed by atoms with Gasteiger partial charge in [-0.25, -0.2) is 0 Å². The normalized spacial score (nSPS) is 10.8. The molecule has 1 amide bonds. The highest BCUT2D eigenvalue weighted by Gasteiger charge is 2.21. The van der Waals surface area contributed by atoms with Crippen molar-refractivity contribution in [3.8, 4) is 5.75 Å². The topological polar surface area (TPSA) is 55.6 Å². The molecule has 0 aliphatic heterocycles. The number of benzene rings is 1. The number of unbranched alkanes of at least 4 members (excludes halogenated alkanes) is 1. The van der Waals surface area contributed by atoms with Gasteiger partial charge in [0.2, 0.25) is 0 Å². The van der Waals surface area contributed by atoms with Gasteiger partial charge < -0.3 is 15.4 Å². The van der Waals surface area contributed by atoms with Gasteiger partial charge in [0.1, 0.15) is 5.75 Å². The van der Waals surface area contributed by atoms with Crippen LogP contribution in [-0.2, 0) is 0 Å². The summed E-state index contributed by atoms with van der Waals surface area (Å²) in [7, 11) is 1.81. The second kappa shape index (κ2) is 9.70. The highest BCUT2D eigenvalue weighted by molar-refractivity contribution is 5.94. The van der Waals surface area contributed by atoms with Crippen molar-refractivity contribution in [1.29, 1.82) is 0 Å². The van der Waals surface area contributed by atoms with E-state index in [9.17, 15) is 4.79 Å². The lowest BCUT2D eigenvalue weighted by molar-refractivity contribution is 0.0740. The lowest BCUT2D eigenvalue weighted by Gasteiger charge is -2.29. The minimum Gasteiger partial charge on any atom is -0.494 e. The second-order valence-electron chi connectivity index (χ2n) is 6.26. The number of carbonyl (C=O) groups excluding carboxylic acids is 1. The van der Waals surface area contributed by atoms with Crippen LogP contribution in [-0.4, -0.2) is 37.6 Å². The van der Waals surface area contributed by atoms with Crippen molar-refractivity contribution in [3.05, 3.63) is 29.8 Å². The monoisotopic (exact) mass is 328 g/mol. The Morgan fingerprint density at radius 1 is 1.27 bits per heavy atom. The van der Waals surface area contributed by atoms with E-state index in [1.807, 2.05) is 31.3 Å². The molecule has 1 aromatic carbocycles. The maximum Gasteiger partial charge on any atom is 0.253 e. The van der Waals surface area contributed by atoms with Gasteiger partial charge in [-0.2, -0.15) is 0 Å². The molecule has 0 radical (unpaired) electrons. The molecule has 0 aromatic heterocycles. The Morgan fingerprint density at radius 2 is 1.86 bits per heavy atom. The quantitative estimate of drug-likeness (QED) is 0.745. The third-order valence-electron chi connectivity index (χ3n) is 3.43. The summed E-state index contributed by atoms with van der Waals surface area (Å²) in [4.78, 5) is 14.1. The second-order valence-corrected chi connectivity index (χ2v) is 6.26. The molecule has 0 unspecified atom stereocenters. The number of halogens is 1. The highest BCUT2D eigenvalue weighted by atomic mass is 35.5. The minimum absolute atomic E-state index is 0. The zero-order valence-corrected chi connectivity index (χ0v) is 14.9. The molecule has 0 heterocycles. The Labute approximate surface area is 140 Å². The molecule has 1 aromatic rings. The Morgan fingerprint density at radius 3 is 2.36 bits per heavy atom. The molecular weight excluding hydrogens is 300 g/mol. The van der Waals surface area contributed by atoms with Crippen molar-refractivity contribution in [3.63, 3.8) is 0 Å². The average molecular weight is 329 g/mol. The first-order valence-electron chi connectivity index (χ1n) is 7.58. The van der Waals surface area contributed by atoms with Crippen molar-refractivity contribution in [1.82, 2.24) is 4.90 Å². The van der Waals surface area contributed by atoms with Crippen molar-refractivity contribution in [2.24, 2.45) is 11.1 Å². The van der Waals surface area contributed by atoms with Gasteiger partial charge in [0, 0.05) is 19.2 Å². The van der Waals surface area contributed by atoms with Gasteiger partial charge in [0.25, 0.3) is 5.91 Å². The molecule has 2 N–H and O–H groups in total. The molecule has 4 nitrogen and oxygen atoms in total. The maximum absolute atomic E-state index is 12.4. The highest BCUT2D eigenvalue weighted by Crippen LogP contribution is 2.17. The van der Waals surface area contributed by atoms with E-state index in [1.165, 1.54) is 0 Å². The summed E-state index contributed by atoms with van der Waals surface area (Å²) >= 11 is 0. The Bertz CT molecular complexity index is 446. The molecule has 0 aliphatic rings. The largest absolute Gasteiger partial charge is 0.494 e. The summed E-state index contributed by atoms with van der Waals surface area (Å²) in [5, 5.41) is 0. The molecule has 0 spiro atoms. The first-order chi connectivity index (χ1) is 9.89. The van der Waals surface area contributed by atoms with E-state index < -0.39 is 0 Å². The number of ether oxygens (including phenoxy) is 1. The van der Waals surface area contributed by atoms with E-state index in [-0.39, 0.29) is 23.7 Å². The van der Waals surface area contributed by atoms with Crippen molar-refractivity contribution < 1.29 is 9.53 Å². The number of nitrogens with zero attached hydrogens (tertiary/aromatic N) is 1. The molecule has 0 aliphatic carbocycles. The summed E-state index contributed by atoms with van der Waals surface area (Å²) in [5.41, 5.74) is 6.32. The predicted molar refractivity (Wildman–Crippen MR) is 93.9 cm³/mol. The summed E-state index contributed by atoms with van der Waals surface area (Å²) in [5.74, 6) is 0.821. The molecule has 0 bridgehead atoms. The fourth-order valence-electron chi connectivity index (χ4n) is 2.03.